The van der Waals surface area contributed by atoms with Crippen LogP contribution in [-0.2, 0) is 69.0 Å². The van der Waals surface area contributed by atoms with Crippen molar-refractivity contribution in [1.29, 1.82) is 0 Å². The van der Waals surface area contributed by atoms with Gasteiger partial charge in [0.25, 0.3) is 0 Å². The molecule has 0 radical (unpaired) electrons. The standard InChI is InChI=1S/C18H14O8.C18H22O4S2.C9H8O3.2C9H18O3/c19-14(25-23)11-18(17(22)26-24,15(20)12-7-3-1-4-8-12)16(21)13-9-5-2-6-10-13;1-17(2,3)13-9-7-11(23-13)15(19)21-22-16(20)12-8-10-14(24-12)18(4,5)6;10-9(12-11)7-6-8-4-2-1-3-5-8;1-8(2)6-4-3-5-7-9(10)12-11;1-2-3-4-5-6-7-8-9(10)12-11/h1-10,23-24H,11H2;7-10H,1-6H3;1-7,11H;8,11H,3-7H2,1-2H3;11H,2-8H2,1H3. The second kappa shape index (κ2) is 41.3. The van der Waals surface area contributed by atoms with Gasteiger partial charge in [-0.15, -0.1) is 22.7 Å². The third-order valence-electron chi connectivity index (χ3n) is 12.0. The maximum absolute atomic E-state index is 13.0. The zero-order valence-corrected chi connectivity index (χ0v) is 51.6. The molecule has 0 atom stereocenters. The minimum Gasteiger partial charge on any atom is -0.301 e. The second-order valence-corrected chi connectivity index (χ2v) is 23.6. The number of carbonyl (C=O) groups is 9. The van der Waals surface area contributed by atoms with Gasteiger partial charge in [-0.3, -0.25) is 19.4 Å². The van der Waals surface area contributed by atoms with E-state index in [1.54, 1.807) is 30.3 Å². The van der Waals surface area contributed by atoms with Gasteiger partial charge in [-0.1, -0.05) is 205 Å². The van der Waals surface area contributed by atoms with Gasteiger partial charge in [0.2, 0.25) is 5.41 Å². The number of ketones is 2. The Morgan fingerprint density at radius 2 is 0.872 bits per heavy atom. The van der Waals surface area contributed by atoms with Crippen LogP contribution in [-0.4, -0.2) is 79.6 Å². The Labute approximate surface area is 509 Å². The largest absolute Gasteiger partial charge is 0.396 e. The number of hydrogen-bond donors (Lipinski definition) is 5. The molecular weight excluding hydrogens is 1160 g/mol. The highest BCUT2D eigenvalue weighted by Crippen LogP contribution is 2.35. The Bertz CT molecular complexity index is 2750. The summed E-state index contributed by atoms with van der Waals surface area (Å²) in [7, 11) is 0. The van der Waals surface area contributed by atoms with Gasteiger partial charge < -0.3 is 14.7 Å². The fourth-order valence-electron chi connectivity index (χ4n) is 7.28. The fraction of sp³-hybridized carbons (Fsp3) is 0.413. The molecule has 470 valence electrons. The first-order chi connectivity index (χ1) is 40.7. The van der Waals surface area contributed by atoms with Crippen LogP contribution < -0.4 is 0 Å². The average molecular weight is 1240 g/mol. The molecule has 0 fully saturated rings. The third kappa shape index (κ3) is 29.4. The van der Waals surface area contributed by atoms with Crippen LogP contribution in [0.25, 0.3) is 6.08 Å². The Morgan fingerprint density at radius 3 is 1.23 bits per heavy atom. The van der Waals surface area contributed by atoms with Crippen molar-refractivity contribution in [3.8, 4) is 0 Å². The lowest BCUT2D eigenvalue weighted by Crippen LogP contribution is -2.49. The van der Waals surface area contributed by atoms with E-state index in [1.165, 1.54) is 103 Å². The van der Waals surface area contributed by atoms with Crippen LogP contribution in [0.4, 0.5) is 0 Å². The Morgan fingerprint density at radius 1 is 0.477 bits per heavy atom. The van der Waals surface area contributed by atoms with Gasteiger partial charge in [0.05, 0.1) is 6.42 Å². The molecule has 0 bridgehead atoms. The second-order valence-electron chi connectivity index (χ2n) is 21.5. The lowest BCUT2D eigenvalue weighted by Gasteiger charge is -2.26. The molecule has 3 aromatic carbocycles. The predicted molar refractivity (Wildman–Crippen MR) is 320 cm³/mol. The van der Waals surface area contributed by atoms with Gasteiger partial charge in [-0.05, 0) is 65.5 Å². The van der Waals surface area contributed by atoms with Crippen molar-refractivity contribution >= 4 is 82.1 Å². The topological polar surface area (TPSA) is 319 Å². The molecule has 23 heteroatoms. The lowest BCUT2D eigenvalue weighted by molar-refractivity contribution is -0.246. The van der Waals surface area contributed by atoms with Crippen molar-refractivity contribution in [2.75, 3.05) is 0 Å². The number of rotatable bonds is 24. The van der Waals surface area contributed by atoms with E-state index in [0.29, 0.717) is 22.6 Å². The van der Waals surface area contributed by atoms with Crippen molar-refractivity contribution in [2.45, 2.75) is 157 Å². The smallest absolute Gasteiger partial charge is 0.301 e. The van der Waals surface area contributed by atoms with E-state index in [2.05, 4.69) is 86.8 Å². The monoisotopic (exact) mass is 1240 g/mol. The number of Topliss-reactive ketones (excluding diaryl/α,β-unsaturated/α-hetero) is 2. The van der Waals surface area contributed by atoms with Crippen LogP contribution in [0.3, 0.4) is 0 Å². The zero-order chi connectivity index (χ0) is 64.7. The molecule has 5 aromatic rings. The minimum absolute atomic E-state index is 0.0415. The summed E-state index contributed by atoms with van der Waals surface area (Å²) in [5, 5.41) is 41.2. The van der Waals surface area contributed by atoms with Crippen LogP contribution >= 0.6 is 22.7 Å². The Hall–Kier alpha value is -7.77. The molecule has 0 aliphatic heterocycles. The predicted octanol–water partition coefficient (Wildman–Crippen LogP) is 14.6. The van der Waals surface area contributed by atoms with E-state index >= 15 is 0 Å². The summed E-state index contributed by atoms with van der Waals surface area (Å²) in [5.41, 5.74) is -2.12. The molecule has 0 amide bonds. The van der Waals surface area contributed by atoms with Crippen molar-refractivity contribution in [1.82, 2.24) is 0 Å². The molecule has 0 spiro atoms. The van der Waals surface area contributed by atoms with Gasteiger partial charge in [0, 0.05) is 39.8 Å². The first-order valence-corrected chi connectivity index (χ1v) is 29.2. The number of thiophene rings is 2. The highest BCUT2D eigenvalue weighted by atomic mass is 32.1. The molecule has 5 rings (SSSR count). The SMILES string of the molecule is CC(C)(C)c1ccc(C(=O)OOC(=O)c2ccc(C(C)(C)C)s2)s1.CC(C)CCCCCC(=O)OO.CCCCCCCCC(=O)OO.O=C(C=Cc1ccccc1)OO.O=C(CC(C(=O)OO)(C(=O)c1ccccc1)C(=O)c1ccccc1)OO. The van der Waals surface area contributed by atoms with Gasteiger partial charge >= 0.3 is 41.8 Å². The van der Waals surface area contributed by atoms with Gasteiger partial charge in [0.15, 0.2) is 11.6 Å². The summed E-state index contributed by atoms with van der Waals surface area (Å²) in [4.78, 5) is 135. The first-order valence-electron chi connectivity index (χ1n) is 27.6. The van der Waals surface area contributed by atoms with Gasteiger partial charge in [0.1, 0.15) is 9.75 Å². The number of hydrogen-bond acceptors (Lipinski definition) is 23. The number of unbranched alkanes of at least 4 members (excludes halogenated alkanes) is 7. The van der Waals surface area contributed by atoms with Crippen LogP contribution in [0.1, 0.15) is 201 Å². The summed E-state index contributed by atoms with van der Waals surface area (Å²) < 4.78 is 0. The van der Waals surface area contributed by atoms with Crippen molar-refractivity contribution < 1.29 is 104 Å². The Kier molecular flexibility index (Phi) is 36.6. The maximum Gasteiger partial charge on any atom is 0.396 e. The third-order valence-corrected chi connectivity index (χ3v) is 15.0. The quantitative estimate of drug-likeness (QED) is 0.00729. The van der Waals surface area contributed by atoms with E-state index in [0.717, 1.165) is 59.4 Å². The summed E-state index contributed by atoms with van der Waals surface area (Å²) in [6.07, 6.45) is 13.2. The fourth-order valence-corrected chi connectivity index (χ4v) is 9.14. The molecule has 0 aliphatic rings. The van der Waals surface area contributed by atoms with Crippen LogP contribution in [0.15, 0.2) is 121 Å². The normalized spacial score (nSPS) is 10.8. The summed E-state index contributed by atoms with van der Waals surface area (Å²) in [6, 6.07) is 30.8. The van der Waals surface area contributed by atoms with E-state index in [4.69, 9.17) is 36.1 Å². The molecular formula is C63H80O21S2. The molecule has 2 heterocycles. The zero-order valence-electron chi connectivity index (χ0n) is 50.0. The molecule has 86 heavy (non-hydrogen) atoms. The van der Waals surface area contributed by atoms with E-state index in [1.807, 2.05) is 42.5 Å². The molecule has 5 N–H and O–H groups in total. The lowest BCUT2D eigenvalue weighted by atomic mass is 9.72. The van der Waals surface area contributed by atoms with Gasteiger partial charge in [-0.25, -0.2) is 43.3 Å². The highest BCUT2D eigenvalue weighted by Gasteiger charge is 2.57. The molecule has 0 saturated carbocycles. The van der Waals surface area contributed by atoms with Crippen molar-refractivity contribution in [3.63, 3.8) is 0 Å². The van der Waals surface area contributed by atoms with E-state index in [-0.39, 0.29) is 22.0 Å². The molecule has 21 nitrogen and oxygen atoms in total. The number of benzene rings is 3. The Balaban J connectivity index is 0.000000564. The maximum atomic E-state index is 13.0. The summed E-state index contributed by atoms with van der Waals surface area (Å²) in [5.74, 6) is -7.67. The van der Waals surface area contributed by atoms with E-state index in [9.17, 15) is 43.2 Å². The van der Waals surface area contributed by atoms with Crippen LogP contribution in [0.5, 0.6) is 0 Å². The molecule has 0 unspecified atom stereocenters. The average Bonchev–Trinajstić information content (AvgIpc) is 1.37. The van der Waals surface area contributed by atoms with Crippen molar-refractivity contribution in [2.24, 2.45) is 11.3 Å². The molecule has 2 aromatic heterocycles. The highest BCUT2D eigenvalue weighted by molar-refractivity contribution is 7.14. The first kappa shape index (κ1) is 76.2. The van der Waals surface area contributed by atoms with Gasteiger partial charge in [-0.2, -0.15) is 26.3 Å². The molecule has 0 aliphatic carbocycles. The summed E-state index contributed by atoms with van der Waals surface area (Å²) in [6.45, 7) is 18.9. The number of carbonyl (C=O) groups excluding carboxylic acids is 9. The summed E-state index contributed by atoms with van der Waals surface area (Å²) >= 11 is 2.68. The van der Waals surface area contributed by atoms with Crippen LogP contribution in [0, 0.1) is 11.3 Å². The van der Waals surface area contributed by atoms with E-state index < -0.39 is 65.2 Å². The van der Waals surface area contributed by atoms with Crippen LogP contribution in [0.2, 0.25) is 0 Å². The minimum atomic E-state index is -2.77. The van der Waals surface area contributed by atoms with Crippen molar-refractivity contribution in [3.05, 3.63) is 158 Å². The molecule has 0 saturated heterocycles.